The molecule has 0 radical (unpaired) electrons. The lowest BCUT2D eigenvalue weighted by molar-refractivity contribution is -0.120. The molecule has 1 aliphatic heterocycles. The number of nitrogens with two attached hydrogens (primary N) is 1. The highest BCUT2D eigenvalue weighted by Gasteiger charge is 2.41. The topological polar surface area (TPSA) is 79.1 Å². The standard InChI is InChI=1S/C28H40N4O3/c1-18(2)35-27(34)30-17-19(3)31(26(33)20-12-13-20)24-15-14-21(16-25(24)30)22-10-8-7-9-11-23(22)32(29)28(4,5)6/h8,10,14-16,18-20H,7,9,11-13,17,29H2,1-6H3/t19-/m0/s1. The van der Waals surface area contributed by atoms with E-state index in [1.807, 2.05) is 42.8 Å². The van der Waals surface area contributed by atoms with Crippen LogP contribution in [0.2, 0.25) is 0 Å². The molecular formula is C28H40N4O3. The minimum Gasteiger partial charge on any atom is -0.446 e. The van der Waals surface area contributed by atoms with E-state index in [0.29, 0.717) is 12.2 Å². The molecule has 2 amide bonds. The van der Waals surface area contributed by atoms with Gasteiger partial charge in [-0.15, -0.1) is 0 Å². The quantitative estimate of drug-likeness (QED) is 0.448. The van der Waals surface area contributed by atoms with Gasteiger partial charge in [0.05, 0.1) is 23.5 Å². The molecule has 2 N–H and O–H groups in total. The van der Waals surface area contributed by atoms with Gasteiger partial charge in [-0.25, -0.2) is 10.6 Å². The lowest BCUT2D eigenvalue weighted by Crippen LogP contribution is -2.52. The molecule has 3 aliphatic rings. The predicted octanol–water partition coefficient (Wildman–Crippen LogP) is 5.61. The fourth-order valence-corrected chi connectivity index (χ4v) is 4.83. The van der Waals surface area contributed by atoms with Crippen LogP contribution in [0.1, 0.15) is 79.2 Å². The third-order valence-electron chi connectivity index (χ3n) is 6.84. The van der Waals surface area contributed by atoms with E-state index in [2.05, 4.69) is 39.0 Å². The van der Waals surface area contributed by atoms with Gasteiger partial charge in [0.15, 0.2) is 0 Å². The number of ether oxygens (including phenoxy) is 1. The molecule has 1 aromatic carbocycles. The van der Waals surface area contributed by atoms with Gasteiger partial charge in [0.2, 0.25) is 5.91 Å². The van der Waals surface area contributed by atoms with E-state index in [0.717, 1.165) is 54.6 Å². The second kappa shape index (κ2) is 9.69. The van der Waals surface area contributed by atoms with Gasteiger partial charge in [0.1, 0.15) is 0 Å². The van der Waals surface area contributed by atoms with Gasteiger partial charge >= 0.3 is 6.09 Å². The molecule has 1 fully saturated rings. The van der Waals surface area contributed by atoms with Crippen molar-refractivity contribution in [3.8, 4) is 0 Å². The normalized spacial score (nSPS) is 20.6. The molecule has 0 saturated heterocycles. The Morgan fingerprint density at radius 2 is 1.89 bits per heavy atom. The summed E-state index contributed by atoms with van der Waals surface area (Å²) in [4.78, 5) is 29.9. The summed E-state index contributed by atoms with van der Waals surface area (Å²) in [5, 5.41) is 1.87. The van der Waals surface area contributed by atoms with Gasteiger partial charge < -0.3 is 14.6 Å². The first-order chi connectivity index (χ1) is 16.5. The minimum absolute atomic E-state index is 0.0934. The van der Waals surface area contributed by atoms with E-state index in [1.54, 1.807) is 4.90 Å². The van der Waals surface area contributed by atoms with Crippen LogP contribution in [0.3, 0.4) is 0 Å². The van der Waals surface area contributed by atoms with Gasteiger partial charge in [-0.05, 0) is 91.3 Å². The highest BCUT2D eigenvalue weighted by Crippen LogP contribution is 2.43. The molecule has 1 heterocycles. The SMILES string of the molecule is CC(C)OC(=O)N1C[C@H](C)N(C(=O)C2CC2)c2ccc(C3=C(N(N)C(C)(C)C)CCCC=C3)cc21. The third kappa shape index (κ3) is 5.25. The molecule has 0 unspecified atom stereocenters. The molecule has 7 heteroatoms. The van der Waals surface area contributed by atoms with Crippen LogP contribution < -0.4 is 15.6 Å². The van der Waals surface area contributed by atoms with E-state index >= 15 is 0 Å². The van der Waals surface area contributed by atoms with Crippen molar-refractivity contribution in [3.63, 3.8) is 0 Å². The highest BCUT2D eigenvalue weighted by atomic mass is 16.6. The molecule has 190 valence electrons. The number of hydrogen-bond donors (Lipinski definition) is 1. The first-order valence-corrected chi connectivity index (χ1v) is 12.9. The lowest BCUT2D eigenvalue weighted by Gasteiger charge is -2.41. The zero-order valence-corrected chi connectivity index (χ0v) is 22.0. The summed E-state index contributed by atoms with van der Waals surface area (Å²) in [5.74, 6) is 6.86. The Bertz CT molecular complexity index is 1050. The average Bonchev–Trinajstić information content (AvgIpc) is 3.63. The Hall–Kier alpha value is -2.80. The zero-order chi connectivity index (χ0) is 25.5. The second-order valence-corrected chi connectivity index (χ2v) is 11.3. The predicted molar refractivity (Wildman–Crippen MR) is 141 cm³/mol. The van der Waals surface area contributed by atoms with Gasteiger partial charge in [0, 0.05) is 29.3 Å². The molecule has 2 aliphatic carbocycles. The third-order valence-corrected chi connectivity index (χ3v) is 6.84. The largest absolute Gasteiger partial charge is 0.446 e. The van der Waals surface area contributed by atoms with E-state index in [9.17, 15) is 9.59 Å². The fourth-order valence-electron chi connectivity index (χ4n) is 4.83. The van der Waals surface area contributed by atoms with Gasteiger partial charge in [-0.1, -0.05) is 18.2 Å². The number of allylic oxidation sites excluding steroid dienone is 4. The van der Waals surface area contributed by atoms with Crippen molar-refractivity contribution in [3.05, 3.63) is 41.6 Å². The van der Waals surface area contributed by atoms with Crippen LogP contribution in [0.25, 0.3) is 5.57 Å². The summed E-state index contributed by atoms with van der Waals surface area (Å²) >= 11 is 0. The summed E-state index contributed by atoms with van der Waals surface area (Å²) in [7, 11) is 0. The van der Waals surface area contributed by atoms with E-state index in [4.69, 9.17) is 10.6 Å². The van der Waals surface area contributed by atoms with Gasteiger partial charge in [0.25, 0.3) is 0 Å². The average molecular weight is 481 g/mol. The lowest BCUT2D eigenvalue weighted by atomic mass is 9.96. The van der Waals surface area contributed by atoms with Gasteiger partial charge in [-0.2, -0.15) is 0 Å². The van der Waals surface area contributed by atoms with Crippen molar-refractivity contribution >= 4 is 28.9 Å². The number of carbonyl (C=O) groups excluding carboxylic acids is 2. The summed E-state index contributed by atoms with van der Waals surface area (Å²) in [5.41, 5.74) is 4.36. The first-order valence-electron chi connectivity index (χ1n) is 12.9. The molecule has 35 heavy (non-hydrogen) atoms. The summed E-state index contributed by atoms with van der Waals surface area (Å²) in [6.07, 6.45) is 8.48. The molecular weight excluding hydrogens is 440 g/mol. The number of amides is 2. The number of hydrazine groups is 1. The first kappa shape index (κ1) is 25.3. The van der Waals surface area contributed by atoms with Crippen LogP contribution in [-0.2, 0) is 9.53 Å². The molecule has 0 aromatic heterocycles. The summed E-state index contributed by atoms with van der Waals surface area (Å²) < 4.78 is 5.59. The number of carbonyl (C=O) groups is 2. The maximum atomic E-state index is 13.2. The zero-order valence-electron chi connectivity index (χ0n) is 22.0. The molecule has 0 spiro atoms. The molecule has 7 nitrogen and oxygen atoms in total. The maximum absolute atomic E-state index is 13.2. The van der Waals surface area contributed by atoms with Crippen molar-refractivity contribution < 1.29 is 14.3 Å². The van der Waals surface area contributed by atoms with E-state index < -0.39 is 0 Å². The molecule has 0 bridgehead atoms. The highest BCUT2D eigenvalue weighted by molar-refractivity contribution is 6.05. The van der Waals surface area contributed by atoms with Crippen LogP contribution in [-0.4, -0.2) is 41.2 Å². The Morgan fingerprint density at radius 3 is 2.51 bits per heavy atom. The van der Waals surface area contributed by atoms with Crippen molar-refractivity contribution in [2.24, 2.45) is 11.8 Å². The number of hydrogen-bond acceptors (Lipinski definition) is 5. The number of anilines is 2. The van der Waals surface area contributed by atoms with Crippen LogP contribution in [0.5, 0.6) is 0 Å². The summed E-state index contributed by atoms with van der Waals surface area (Å²) in [6.45, 7) is 12.4. The van der Waals surface area contributed by atoms with Crippen molar-refractivity contribution in [2.75, 3.05) is 16.3 Å². The molecule has 1 atom stereocenters. The van der Waals surface area contributed by atoms with E-state index in [-0.39, 0.29) is 35.6 Å². The molecule has 1 aromatic rings. The summed E-state index contributed by atoms with van der Waals surface area (Å²) in [6, 6.07) is 5.93. The van der Waals surface area contributed by atoms with Crippen molar-refractivity contribution in [1.29, 1.82) is 0 Å². The van der Waals surface area contributed by atoms with Crippen LogP contribution in [0, 0.1) is 5.92 Å². The smallest absolute Gasteiger partial charge is 0.414 e. The minimum atomic E-state index is -0.385. The molecule has 1 saturated carbocycles. The second-order valence-electron chi connectivity index (χ2n) is 11.3. The number of nitrogens with zero attached hydrogens (tertiary/aromatic N) is 3. The van der Waals surface area contributed by atoms with Crippen LogP contribution in [0.15, 0.2) is 36.0 Å². The Balaban J connectivity index is 1.84. The van der Waals surface area contributed by atoms with Crippen LogP contribution in [0.4, 0.5) is 16.2 Å². The molecule has 4 rings (SSSR count). The van der Waals surface area contributed by atoms with Crippen LogP contribution >= 0.6 is 0 Å². The Morgan fingerprint density at radius 1 is 1.17 bits per heavy atom. The number of benzene rings is 1. The number of rotatable bonds is 4. The van der Waals surface area contributed by atoms with Crippen molar-refractivity contribution in [2.45, 2.75) is 91.3 Å². The maximum Gasteiger partial charge on any atom is 0.414 e. The monoisotopic (exact) mass is 480 g/mol. The van der Waals surface area contributed by atoms with Crippen molar-refractivity contribution in [1.82, 2.24) is 5.01 Å². The van der Waals surface area contributed by atoms with E-state index in [1.165, 1.54) is 0 Å². The Labute approximate surface area is 209 Å². The fraction of sp³-hybridized carbons (Fsp3) is 0.571. The number of fused-ring (bicyclic) bond motifs is 1. The Kier molecular flexibility index (Phi) is 7.00. The van der Waals surface area contributed by atoms with Gasteiger partial charge in [-0.3, -0.25) is 9.69 Å².